The standard InChI is InChI=1S/C17H25BO5/c1-15(2)16(3,4)23-18(22-15)13-5-7-14(8-6-13)21-12-17(9-19)10-20-11-17/h5-8,19H,9-12H2,1-4H3. The zero-order valence-corrected chi connectivity index (χ0v) is 14.3. The van der Waals surface area contributed by atoms with Crippen LogP contribution in [0.4, 0.5) is 0 Å². The number of aliphatic hydroxyl groups is 1. The van der Waals surface area contributed by atoms with Gasteiger partial charge in [-0.2, -0.15) is 0 Å². The Labute approximate surface area is 138 Å². The number of benzene rings is 1. The molecule has 3 rings (SSSR count). The Morgan fingerprint density at radius 1 is 1.04 bits per heavy atom. The molecule has 0 aromatic heterocycles. The van der Waals surface area contributed by atoms with Crippen LogP contribution in [0.2, 0.25) is 0 Å². The molecular formula is C17H25BO5. The molecule has 0 atom stereocenters. The first-order chi connectivity index (χ1) is 10.8. The van der Waals surface area contributed by atoms with E-state index in [4.69, 9.17) is 18.8 Å². The second kappa shape index (κ2) is 5.78. The van der Waals surface area contributed by atoms with Gasteiger partial charge in [-0.3, -0.25) is 0 Å². The number of ether oxygens (including phenoxy) is 2. The highest BCUT2D eigenvalue weighted by atomic mass is 16.7. The molecule has 0 spiro atoms. The molecule has 5 nitrogen and oxygen atoms in total. The number of rotatable bonds is 5. The van der Waals surface area contributed by atoms with Gasteiger partial charge in [-0.05, 0) is 45.3 Å². The minimum absolute atomic E-state index is 0.0823. The van der Waals surface area contributed by atoms with Gasteiger partial charge in [0.2, 0.25) is 0 Å². The van der Waals surface area contributed by atoms with Gasteiger partial charge in [0.25, 0.3) is 0 Å². The lowest BCUT2D eigenvalue weighted by molar-refractivity contribution is -0.153. The van der Waals surface area contributed by atoms with Gasteiger partial charge < -0.3 is 23.9 Å². The molecule has 0 bridgehead atoms. The van der Waals surface area contributed by atoms with Crippen molar-refractivity contribution in [2.75, 3.05) is 26.4 Å². The smallest absolute Gasteiger partial charge is 0.493 e. The normalized spacial score (nSPS) is 24.3. The van der Waals surface area contributed by atoms with Crippen molar-refractivity contribution in [1.29, 1.82) is 0 Å². The van der Waals surface area contributed by atoms with E-state index in [9.17, 15) is 5.11 Å². The van der Waals surface area contributed by atoms with E-state index in [2.05, 4.69) is 0 Å². The van der Waals surface area contributed by atoms with E-state index in [1.165, 1.54) is 0 Å². The van der Waals surface area contributed by atoms with Crippen molar-refractivity contribution in [3.05, 3.63) is 24.3 Å². The molecule has 2 aliphatic rings. The Kier molecular flexibility index (Phi) is 4.21. The Bertz CT molecular complexity index is 529. The van der Waals surface area contributed by atoms with Crippen molar-refractivity contribution in [3.8, 4) is 5.75 Å². The first kappa shape index (κ1) is 16.8. The molecule has 23 heavy (non-hydrogen) atoms. The van der Waals surface area contributed by atoms with Crippen LogP contribution in [0.1, 0.15) is 27.7 Å². The summed E-state index contributed by atoms with van der Waals surface area (Å²) < 4.78 is 23.0. The topological polar surface area (TPSA) is 57.2 Å². The van der Waals surface area contributed by atoms with E-state index in [1.54, 1.807) is 0 Å². The number of hydrogen-bond acceptors (Lipinski definition) is 5. The molecule has 1 aromatic carbocycles. The summed E-state index contributed by atoms with van der Waals surface area (Å²) in [4.78, 5) is 0. The molecule has 0 unspecified atom stereocenters. The summed E-state index contributed by atoms with van der Waals surface area (Å²) in [5.74, 6) is 0.769. The van der Waals surface area contributed by atoms with Crippen molar-refractivity contribution >= 4 is 12.6 Å². The Morgan fingerprint density at radius 2 is 1.61 bits per heavy atom. The van der Waals surface area contributed by atoms with Crippen LogP contribution in [0.3, 0.4) is 0 Å². The van der Waals surface area contributed by atoms with Crippen molar-refractivity contribution in [2.45, 2.75) is 38.9 Å². The van der Waals surface area contributed by atoms with Gasteiger partial charge in [0.1, 0.15) is 12.4 Å². The fraction of sp³-hybridized carbons (Fsp3) is 0.647. The van der Waals surface area contributed by atoms with Crippen LogP contribution in [0.5, 0.6) is 5.75 Å². The van der Waals surface area contributed by atoms with Gasteiger partial charge >= 0.3 is 7.12 Å². The lowest BCUT2D eigenvalue weighted by Gasteiger charge is -2.39. The molecule has 0 amide bonds. The summed E-state index contributed by atoms with van der Waals surface area (Å²) in [6.45, 7) is 9.81. The van der Waals surface area contributed by atoms with Gasteiger partial charge in [-0.25, -0.2) is 0 Å². The molecule has 0 radical (unpaired) electrons. The fourth-order valence-corrected chi connectivity index (χ4v) is 2.55. The summed E-state index contributed by atoms with van der Waals surface area (Å²) in [7, 11) is -0.363. The fourth-order valence-electron chi connectivity index (χ4n) is 2.55. The first-order valence-corrected chi connectivity index (χ1v) is 8.04. The van der Waals surface area contributed by atoms with Crippen LogP contribution in [0.15, 0.2) is 24.3 Å². The molecule has 126 valence electrons. The molecular weight excluding hydrogens is 295 g/mol. The molecule has 2 heterocycles. The van der Waals surface area contributed by atoms with Crippen LogP contribution >= 0.6 is 0 Å². The molecule has 0 saturated carbocycles. The van der Waals surface area contributed by atoms with Gasteiger partial charge in [0.05, 0.1) is 36.4 Å². The maximum absolute atomic E-state index is 9.41. The van der Waals surface area contributed by atoms with E-state index < -0.39 is 0 Å². The van der Waals surface area contributed by atoms with Gasteiger partial charge in [0, 0.05) is 0 Å². The lowest BCUT2D eigenvalue weighted by Crippen LogP contribution is -2.49. The third-order valence-electron chi connectivity index (χ3n) is 5.10. The monoisotopic (exact) mass is 320 g/mol. The Hall–Kier alpha value is -1.08. The van der Waals surface area contributed by atoms with Crippen LogP contribution in [-0.2, 0) is 14.0 Å². The summed E-state index contributed by atoms with van der Waals surface area (Å²) >= 11 is 0. The van der Waals surface area contributed by atoms with Crippen LogP contribution < -0.4 is 10.2 Å². The Balaban J connectivity index is 1.62. The maximum atomic E-state index is 9.41. The highest BCUT2D eigenvalue weighted by Crippen LogP contribution is 2.36. The zero-order valence-electron chi connectivity index (χ0n) is 14.3. The molecule has 2 saturated heterocycles. The van der Waals surface area contributed by atoms with Crippen LogP contribution in [0, 0.1) is 5.41 Å². The maximum Gasteiger partial charge on any atom is 0.494 e. The van der Waals surface area contributed by atoms with Crippen molar-refractivity contribution in [2.24, 2.45) is 5.41 Å². The van der Waals surface area contributed by atoms with Crippen LogP contribution in [-0.4, -0.2) is 49.9 Å². The van der Waals surface area contributed by atoms with Gasteiger partial charge in [-0.1, -0.05) is 12.1 Å². The summed E-state index contributed by atoms with van der Waals surface area (Å²) in [5.41, 5.74) is 0.0411. The second-order valence-electron chi connectivity index (χ2n) is 7.60. The van der Waals surface area contributed by atoms with E-state index in [-0.39, 0.29) is 30.3 Å². The average molecular weight is 320 g/mol. The largest absolute Gasteiger partial charge is 0.494 e. The Morgan fingerprint density at radius 3 is 2.04 bits per heavy atom. The SMILES string of the molecule is CC1(C)OB(c2ccc(OCC3(CO)COC3)cc2)OC1(C)C. The summed E-state index contributed by atoms with van der Waals surface area (Å²) in [6.07, 6.45) is 0. The van der Waals surface area contributed by atoms with E-state index in [0.717, 1.165) is 11.2 Å². The third kappa shape index (κ3) is 3.13. The average Bonchev–Trinajstić information content (AvgIpc) is 2.67. The summed E-state index contributed by atoms with van der Waals surface area (Å²) in [6, 6.07) is 7.73. The molecule has 1 aromatic rings. The number of hydrogen-bond donors (Lipinski definition) is 1. The molecule has 0 aliphatic carbocycles. The van der Waals surface area contributed by atoms with Gasteiger partial charge in [-0.15, -0.1) is 0 Å². The van der Waals surface area contributed by atoms with E-state index >= 15 is 0 Å². The molecule has 6 heteroatoms. The van der Waals surface area contributed by atoms with E-state index in [1.807, 2.05) is 52.0 Å². The number of aliphatic hydroxyl groups excluding tert-OH is 1. The lowest BCUT2D eigenvalue weighted by atomic mass is 9.79. The van der Waals surface area contributed by atoms with Crippen LogP contribution in [0.25, 0.3) is 0 Å². The minimum Gasteiger partial charge on any atom is -0.493 e. The minimum atomic E-state index is -0.363. The van der Waals surface area contributed by atoms with Gasteiger partial charge in [0.15, 0.2) is 0 Å². The third-order valence-corrected chi connectivity index (χ3v) is 5.10. The molecule has 2 fully saturated rings. The molecule has 1 N–H and O–H groups in total. The van der Waals surface area contributed by atoms with E-state index in [0.29, 0.717) is 19.8 Å². The van der Waals surface area contributed by atoms with Crippen molar-refractivity contribution in [3.63, 3.8) is 0 Å². The second-order valence-corrected chi connectivity index (χ2v) is 7.60. The first-order valence-electron chi connectivity index (χ1n) is 8.04. The van der Waals surface area contributed by atoms with Crippen molar-refractivity contribution < 1.29 is 23.9 Å². The quantitative estimate of drug-likeness (QED) is 0.831. The highest BCUT2D eigenvalue weighted by molar-refractivity contribution is 6.62. The molecule has 2 aliphatic heterocycles. The zero-order chi connectivity index (χ0) is 16.7. The highest BCUT2D eigenvalue weighted by Gasteiger charge is 2.51. The van der Waals surface area contributed by atoms with Crippen molar-refractivity contribution in [1.82, 2.24) is 0 Å². The summed E-state index contributed by atoms with van der Waals surface area (Å²) in [5, 5.41) is 9.41. The predicted molar refractivity (Wildman–Crippen MR) is 88.0 cm³/mol. The predicted octanol–water partition coefficient (Wildman–Crippen LogP) is 1.37.